The minimum atomic E-state index is 0. The molecule has 0 unspecified atom stereocenters. The van der Waals surface area contributed by atoms with Crippen LogP contribution in [-0.4, -0.2) is 0 Å². The summed E-state index contributed by atoms with van der Waals surface area (Å²) in [5, 5.41) is 2.52. The van der Waals surface area contributed by atoms with Gasteiger partial charge in [0.2, 0.25) is 5.69 Å². The van der Waals surface area contributed by atoms with Gasteiger partial charge in [0.05, 0.1) is 5.56 Å². The zero-order valence-electron chi connectivity index (χ0n) is 10.5. The maximum atomic E-state index is 3.66. The number of aromatic nitrogens is 1. The number of nitrogens with zero attached hydrogens (tertiary/aromatic N) is 1. The SMILES string of the molecule is C[n+]1ccccc1-c1cccc2cccc(Br)c12.[I-]. The lowest BCUT2D eigenvalue weighted by atomic mass is 10.0. The molecule has 1 nitrogen and oxygen atoms in total. The fraction of sp³-hybridized carbons (Fsp3) is 0.0625. The quantitative estimate of drug-likeness (QED) is 0.406. The van der Waals surface area contributed by atoms with E-state index in [1.54, 1.807) is 0 Å². The van der Waals surface area contributed by atoms with Crippen molar-refractivity contribution in [3.05, 3.63) is 65.3 Å². The van der Waals surface area contributed by atoms with Crippen molar-refractivity contribution < 1.29 is 28.5 Å². The fourth-order valence-corrected chi connectivity index (χ4v) is 2.91. The molecular formula is C16H13BrIN. The summed E-state index contributed by atoms with van der Waals surface area (Å²) in [6, 6.07) is 19.0. The van der Waals surface area contributed by atoms with E-state index in [0.29, 0.717) is 0 Å². The van der Waals surface area contributed by atoms with Gasteiger partial charge in [-0.1, -0.05) is 40.2 Å². The summed E-state index contributed by atoms with van der Waals surface area (Å²) in [5.41, 5.74) is 2.47. The normalized spacial score (nSPS) is 10.2. The zero-order chi connectivity index (χ0) is 12.5. The highest BCUT2D eigenvalue weighted by Gasteiger charge is 2.13. The second-order valence-electron chi connectivity index (χ2n) is 4.34. The van der Waals surface area contributed by atoms with Gasteiger partial charge in [-0.25, -0.2) is 4.57 Å². The van der Waals surface area contributed by atoms with Gasteiger partial charge in [0.1, 0.15) is 7.05 Å². The first-order valence-electron chi connectivity index (χ1n) is 5.89. The summed E-state index contributed by atoms with van der Waals surface area (Å²) in [7, 11) is 2.07. The maximum Gasteiger partial charge on any atom is 0.212 e. The first-order chi connectivity index (χ1) is 8.77. The Bertz CT molecular complexity index is 720. The highest BCUT2D eigenvalue weighted by molar-refractivity contribution is 9.10. The van der Waals surface area contributed by atoms with Crippen LogP contribution in [0.15, 0.2) is 65.3 Å². The van der Waals surface area contributed by atoms with Crippen molar-refractivity contribution in [2.24, 2.45) is 7.05 Å². The number of hydrogen-bond donors (Lipinski definition) is 0. The van der Waals surface area contributed by atoms with E-state index in [2.05, 4.69) is 82.3 Å². The predicted molar refractivity (Wildman–Crippen MR) is 78.3 cm³/mol. The Balaban J connectivity index is 0.00000133. The average Bonchev–Trinajstić information content (AvgIpc) is 2.39. The fourth-order valence-electron chi connectivity index (χ4n) is 2.31. The molecule has 0 saturated heterocycles. The Morgan fingerprint density at radius 1 is 0.895 bits per heavy atom. The van der Waals surface area contributed by atoms with Crippen LogP contribution in [0.3, 0.4) is 0 Å². The van der Waals surface area contributed by atoms with Crippen LogP contribution in [0.1, 0.15) is 0 Å². The van der Waals surface area contributed by atoms with Crippen LogP contribution >= 0.6 is 15.9 Å². The van der Waals surface area contributed by atoms with E-state index in [0.717, 1.165) is 4.47 Å². The van der Waals surface area contributed by atoms with Crippen LogP contribution in [0.2, 0.25) is 0 Å². The molecule has 19 heavy (non-hydrogen) atoms. The molecule has 3 rings (SSSR count). The molecule has 0 amide bonds. The van der Waals surface area contributed by atoms with Crippen molar-refractivity contribution in [3.8, 4) is 11.3 Å². The van der Waals surface area contributed by atoms with Gasteiger partial charge in [-0.05, 0) is 23.6 Å². The molecule has 0 aliphatic carbocycles. The summed E-state index contributed by atoms with van der Waals surface area (Å²) < 4.78 is 3.29. The van der Waals surface area contributed by atoms with Crippen LogP contribution in [-0.2, 0) is 7.05 Å². The Morgan fingerprint density at radius 3 is 2.37 bits per heavy atom. The van der Waals surface area contributed by atoms with Gasteiger partial charge in [-0.15, -0.1) is 0 Å². The molecule has 96 valence electrons. The van der Waals surface area contributed by atoms with Gasteiger partial charge >= 0.3 is 0 Å². The van der Waals surface area contributed by atoms with Gasteiger partial charge in [0.15, 0.2) is 6.20 Å². The van der Waals surface area contributed by atoms with E-state index in [-0.39, 0.29) is 24.0 Å². The smallest absolute Gasteiger partial charge is 0.212 e. The highest BCUT2D eigenvalue weighted by atomic mass is 127. The second-order valence-corrected chi connectivity index (χ2v) is 5.19. The second kappa shape index (κ2) is 6.01. The molecule has 0 aliphatic heterocycles. The van der Waals surface area contributed by atoms with Crippen molar-refractivity contribution in [2.75, 3.05) is 0 Å². The first-order valence-corrected chi connectivity index (χ1v) is 6.69. The lowest BCUT2D eigenvalue weighted by Crippen LogP contribution is -3.00. The number of rotatable bonds is 1. The number of fused-ring (bicyclic) bond motifs is 1. The third kappa shape index (κ3) is 2.67. The van der Waals surface area contributed by atoms with Crippen LogP contribution in [0.25, 0.3) is 22.0 Å². The summed E-state index contributed by atoms with van der Waals surface area (Å²) in [6.07, 6.45) is 2.07. The number of halogens is 2. The zero-order valence-corrected chi connectivity index (χ0v) is 14.2. The lowest BCUT2D eigenvalue weighted by Gasteiger charge is -2.06. The molecule has 1 aromatic heterocycles. The molecule has 0 spiro atoms. The molecule has 0 saturated carbocycles. The topological polar surface area (TPSA) is 3.88 Å². The van der Waals surface area contributed by atoms with E-state index in [1.807, 2.05) is 6.07 Å². The number of hydrogen-bond acceptors (Lipinski definition) is 0. The van der Waals surface area contributed by atoms with Crippen LogP contribution in [0.5, 0.6) is 0 Å². The minimum absolute atomic E-state index is 0. The third-order valence-electron chi connectivity index (χ3n) is 3.18. The summed E-state index contributed by atoms with van der Waals surface area (Å²) >= 11 is 3.66. The Morgan fingerprint density at radius 2 is 1.63 bits per heavy atom. The van der Waals surface area contributed by atoms with Gasteiger partial charge in [-0.2, -0.15) is 0 Å². The van der Waals surface area contributed by atoms with E-state index in [9.17, 15) is 0 Å². The van der Waals surface area contributed by atoms with Crippen LogP contribution in [0, 0.1) is 0 Å². The maximum absolute atomic E-state index is 3.66. The van der Waals surface area contributed by atoms with Crippen molar-refractivity contribution in [1.29, 1.82) is 0 Å². The molecule has 0 radical (unpaired) electrons. The first kappa shape index (κ1) is 14.5. The molecule has 3 aromatic rings. The average molecular weight is 426 g/mol. The number of aryl methyl sites for hydroxylation is 1. The van der Waals surface area contributed by atoms with Crippen molar-refractivity contribution in [2.45, 2.75) is 0 Å². The Kier molecular flexibility index (Phi) is 4.58. The Labute approximate surface area is 138 Å². The van der Waals surface area contributed by atoms with Gasteiger partial charge in [0, 0.05) is 22.0 Å². The highest BCUT2D eigenvalue weighted by Crippen LogP contribution is 2.32. The van der Waals surface area contributed by atoms with Crippen molar-refractivity contribution >= 4 is 26.7 Å². The molecule has 3 heteroatoms. The molecule has 0 aliphatic rings. The van der Waals surface area contributed by atoms with Crippen LogP contribution < -0.4 is 28.5 Å². The number of benzene rings is 2. The summed E-state index contributed by atoms with van der Waals surface area (Å²) in [4.78, 5) is 0. The minimum Gasteiger partial charge on any atom is -1.00 e. The largest absolute Gasteiger partial charge is 1.00 e. The molecule has 0 atom stereocenters. The lowest BCUT2D eigenvalue weighted by molar-refractivity contribution is -0.660. The monoisotopic (exact) mass is 425 g/mol. The third-order valence-corrected chi connectivity index (χ3v) is 3.85. The van der Waals surface area contributed by atoms with Gasteiger partial charge in [-0.3, -0.25) is 0 Å². The van der Waals surface area contributed by atoms with Crippen LogP contribution in [0.4, 0.5) is 0 Å². The van der Waals surface area contributed by atoms with E-state index in [4.69, 9.17) is 0 Å². The molecule has 0 fully saturated rings. The van der Waals surface area contributed by atoms with E-state index >= 15 is 0 Å². The number of pyridine rings is 1. The molecular weight excluding hydrogens is 413 g/mol. The Hall–Kier alpha value is -0.940. The molecule has 0 N–H and O–H groups in total. The summed E-state index contributed by atoms with van der Waals surface area (Å²) in [6.45, 7) is 0. The van der Waals surface area contributed by atoms with E-state index in [1.165, 1.54) is 22.0 Å². The van der Waals surface area contributed by atoms with Gasteiger partial charge < -0.3 is 24.0 Å². The van der Waals surface area contributed by atoms with E-state index < -0.39 is 0 Å². The molecule has 1 heterocycles. The van der Waals surface area contributed by atoms with Crippen molar-refractivity contribution in [1.82, 2.24) is 0 Å². The van der Waals surface area contributed by atoms with Gasteiger partial charge in [0.25, 0.3) is 0 Å². The summed E-state index contributed by atoms with van der Waals surface area (Å²) in [5.74, 6) is 0. The predicted octanol–water partition coefficient (Wildman–Crippen LogP) is 1.10. The molecule has 0 bridgehead atoms. The standard InChI is InChI=1S/C16H13BrN.HI/c1-18-11-3-2-10-15(18)13-8-4-6-12-7-5-9-14(17)16(12)13;/h2-11H,1H3;1H/q+1;/p-1. The molecule has 2 aromatic carbocycles. The van der Waals surface area contributed by atoms with Crippen molar-refractivity contribution in [3.63, 3.8) is 0 Å².